The van der Waals surface area contributed by atoms with Crippen LogP contribution in [0.4, 0.5) is 0 Å². The third kappa shape index (κ3) is 1.99. The summed E-state index contributed by atoms with van der Waals surface area (Å²) in [6.45, 7) is 0. The summed E-state index contributed by atoms with van der Waals surface area (Å²) in [5.74, 6) is 1.47. The van der Waals surface area contributed by atoms with Gasteiger partial charge >= 0.3 is 0 Å². The predicted octanol–water partition coefficient (Wildman–Crippen LogP) is 4.21. The van der Waals surface area contributed by atoms with Crippen LogP contribution in [-0.4, -0.2) is 7.11 Å². The van der Waals surface area contributed by atoms with E-state index in [1.807, 2.05) is 24.3 Å². The lowest BCUT2D eigenvalue weighted by Crippen LogP contribution is -1.91. The van der Waals surface area contributed by atoms with Crippen LogP contribution in [0.2, 0.25) is 5.02 Å². The molecule has 0 aliphatic rings. The second-order valence-electron chi connectivity index (χ2n) is 2.91. The van der Waals surface area contributed by atoms with Gasteiger partial charge in [0.1, 0.15) is 11.5 Å². The van der Waals surface area contributed by atoms with E-state index in [-0.39, 0.29) is 0 Å². The lowest BCUT2D eigenvalue weighted by atomic mass is 10.1. The van der Waals surface area contributed by atoms with Crippen LogP contribution in [0.3, 0.4) is 0 Å². The first-order chi connectivity index (χ1) is 7.24. The van der Waals surface area contributed by atoms with Crippen molar-refractivity contribution in [2.45, 2.75) is 0 Å². The van der Waals surface area contributed by atoms with Gasteiger partial charge in [0.2, 0.25) is 0 Å². The van der Waals surface area contributed by atoms with Crippen LogP contribution in [0.1, 0.15) is 0 Å². The summed E-state index contributed by atoms with van der Waals surface area (Å²) in [6, 6.07) is 7.43. The Morgan fingerprint density at radius 3 is 2.73 bits per heavy atom. The Kier molecular flexibility index (Phi) is 3.21. The highest BCUT2D eigenvalue weighted by atomic mass is 127. The summed E-state index contributed by atoms with van der Waals surface area (Å²) in [5.41, 5.74) is 0.802. The molecular formula is C11H8ClIO2. The minimum absolute atomic E-state index is 0.627. The monoisotopic (exact) mass is 334 g/mol. The van der Waals surface area contributed by atoms with Crippen LogP contribution < -0.4 is 4.74 Å². The molecule has 0 spiro atoms. The maximum absolute atomic E-state index is 6.13. The Morgan fingerprint density at radius 2 is 2.13 bits per heavy atom. The third-order valence-corrected chi connectivity index (χ3v) is 3.19. The SMILES string of the molecule is COc1c(I)ccc(Cl)c1-c1ccco1. The maximum atomic E-state index is 6.13. The van der Waals surface area contributed by atoms with Gasteiger partial charge in [-0.15, -0.1) is 0 Å². The van der Waals surface area contributed by atoms with E-state index in [4.69, 9.17) is 20.8 Å². The number of hydrogen-bond acceptors (Lipinski definition) is 2. The molecule has 0 amide bonds. The molecule has 78 valence electrons. The zero-order valence-electron chi connectivity index (χ0n) is 7.96. The number of ether oxygens (including phenoxy) is 1. The second kappa shape index (κ2) is 4.45. The smallest absolute Gasteiger partial charge is 0.144 e. The van der Waals surface area contributed by atoms with E-state index in [2.05, 4.69) is 22.6 Å². The Labute approximate surface area is 106 Å². The van der Waals surface area contributed by atoms with Gasteiger partial charge in [-0.2, -0.15) is 0 Å². The zero-order valence-corrected chi connectivity index (χ0v) is 10.9. The van der Waals surface area contributed by atoms with Crippen molar-refractivity contribution in [2.75, 3.05) is 7.11 Å². The van der Waals surface area contributed by atoms with Crippen molar-refractivity contribution in [3.63, 3.8) is 0 Å². The summed E-state index contributed by atoms with van der Waals surface area (Å²) in [5, 5.41) is 0.627. The largest absolute Gasteiger partial charge is 0.495 e. The van der Waals surface area contributed by atoms with E-state index >= 15 is 0 Å². The van der Waals surface area contributed by atoms with Gasteiger partial charge in [0.15, 0.2) is 0 Å². The fraction of sp³-hybridized carbons (Fsp3) is 0.0909. The molecule has 4 heteroatoms. The first-order valence-corrected chi connectivity index (χ1v) is 5.75. The van der Waals surface area contributed by atoms with Crippen LogP contribution in [-0.2, 0) is 0 Å². The average Bonchev–Trinajstić information content (AvgIpc) is 2.74. The van der Waals surface area contributed by atoms with Crippen molar-refractivity contribution < 1.29 is 9.15 Å². The lowest BCUT2D eigenvalue weighted by molar-refractivity contribution is 0.411. The van der Waals surface area contributed by atoms with E-state index in [0.717, 1.165) is 20.6 Å². The van der Waals surface area contributed by atoms with Gasteiger partial charge in [-0.05, 0) is 46.9 Å². The van der Waals surface area contributed by atoms with Gasteiger partial charge in [0.25, 0.3) is 0 Å². The molecule has 2 nitrogen and oxygen atoms in total. The van der Waals surface area contributed by atoms with Crippen LogP contribution in [0.25, 0.3) is 11.3 Å². The molecule has 1 aromatic carbocycles. The van der Waals surface area contributed by atoms with Crippen molar-refractivity contribution >= 4 is 34.2 Å². The van der Waals surface area contributed by atoms with Crippen LogP contribution in [0, 0.1) is 3.57 Å². The lowest BCUT2D eigenvalue weighted by Gasteiger charge is -2.09. The molecular weight excluding hydrogens is 326 g/mol. The fourth-order valence-corrected chi connectivity index (χ4v) is 2.29. The van der Waals surface area contributed by atoms with Crippen LogP contribution in [0.15, 0.2) is 34.9 Å². The first-order valence-electron chi connectivity index (χ1n) is 4.30. The molecule has 0 saturated carbocycles. The Bertz CT molecular complexity index is 466. The third-order valence-electron chi connectivity index (χ3n) is 2.03. The molecule has 15 heavy (non-hydrogen) atoms. The van der Waals surface area contributed by atoms with Gasteiger partial charge in [0, 0.05) is 0 Å². The summed E-state index contributed by atoms with van der Waals surface area (Å²) in [7, 11) is 1.63. The molecule has 2 rings (SSSR count). The Balaban J connectivity index is 2.68. The highest BCUT2D eigenvalue weighted by molar-refractivity contribution is 14.1. The van der Waals surface area contributed by atoms with E-state index in [1.54, 1.807) is 13.4 Å². The average molecular weight is 335 g/mol. The van der Waals surface area contributed by atoms with E-state index < -0.39 is 0 Å². The summed E-state index contributed by atoms with van der Waals surface area (Å²) >= 11 is 8.33. The molecule has 0 aliphatic carbocycles. The number of rotatable bonds is 2. The fourth-order valence-electron chi connectivity index (χ4n) is 1.38. The Morgan fingerprint density at radius 1 is 1.33 bits per heavy atom. The standard InChI is InChI=1S/C11H8ClIO2/c1-14-11-8(13)5-4-7(12)10(11)9-3-2-6-15-9/h2-6H,1H3. The van der Waals surface area contributed by atoms with E-state index in [9.17, 15) is 0 Å². The highest BCUT2D eigenvalue weighted by Gasteiger charge is 2.15. The highest BCUT2D eigenvalue weighted by Crippen LogP contribution is 2.39. The van der Waals surface area contributed by atoms with Crippen LogP contribution in [0.5, 0.6) is 5.75 Å². The Hall–Kier alpha value is -0.680. The number of furan rings is 1. The van der Waals surface area contributed by atoms with Crippen LogP contribution >= 0.6 is 34.2 Å². The van der Waals surface area contributed by atoms with Gasteiger partial charge in [0.05, 0.1) is 27.5 Å². The van der Waals surface area contributed by atoms with Crippen molar-refractivity contribution in [1.29, 1.82) is 0 Å². The molecule has 1 heterocycles. The van der Waals surface area contributed by atoms with Gasteiger partial charge in [-0.1, -0.05) is 11.6 Å². The molecule has 1 aromatic heterocycles. The molecule has 0 atom stereocenters. The molecule has 2 aromatic rings. The van der Waals surface area contributed by atoms with Gasteiger partial charge in [-0.3, -0.25) is 0 Å². The number of benzene rings is 1. The normalized spacial score (nSPS) is 10.3. The quantitative estimate of drug-likeness (QED) is 0.768. The summed E-state index contributed by atoms with van der Waals surface area (Å²) in [4.78, 5) is 0. The molecule has 0 N–H and O–H groups in total. The van der Waals surface area contributed by atoms with Crippen molar-refractivity contribution in [2.24, 2.45) is 0 Å². The molecule has 0 unspecified atom stereocenters. The molecule has 0 aliphatic heterocycles. The second-order valence-corrected chi connectivity index (χ2v) is 4.48. The minimum atomic E-state index is 0.627. The number of hydrogen-bond donors (Lipinski definition) is 0. The van der Waals surface area contributed by atoms with Crippen molar-refractivity contribution in [3.8, 4) is 17.1 Å². The summed E-state index contributed by atoms with van der Waals surface area (Å²) in [6.07, 6.45) is 1.62. The molecule has 0 fully saturated rings. The molecule has 0 radical (unpaired) electrons. The van der Waals surface area contributed by atoms with Gasteiger partial charge < -0.3 is 9.15 Å². The molecule has 0 saturated heterocycles. The van der Waals surface area contributed by atoms with Gasteiger partial charge in [-0.25, -0.2) is 0 Å². The first kappa shape index (κ1) is 10.8. The zero-order chi connectivity index (χ0) is 10.8. The maximum Gasteiger partial charge on any atom is 0.144 e. The number of halogens is 2. The van der Waals surface area contributed by atoms with Crippen molar-refractivity contribution in [3.05, 3.63) is 39.1 Å². The topological polar surface area (TPSA) is 22.4 Å². The number of methoxy groups -OCH3 is 1. The van der Waals surface area contributed by atoms with E-state index in [1.165, 1.54) is 0 Å². The predicted molar refractivity (Wildman–Crippen MR) is 68.4 cm³/mol. The minimum Gasteiger partial charge on any atom is -0.495 e. The molecule has 0 bridgehead atoms. The summed E-state index contributed by atoms with van der Waals surface area (Å²) < 4.78 is 11.7. The van der Waals surface area contributed by atoms with Crippen molar-refractivity contribution in [1.82, 2.24) is 0 Å². The van der Waals surface area contributed by atoms with E-state index in [0.29, 0.717) is 5.02 Å².